The first-order chi connectivity index (χ1) is 9.67. The molecule has 2 heteroatoms. The monoisotopic (exact) mass is 277 g/mol. The highest BCUT2D eigenvalue weighted by Crippen LogP contribution is 2.16. The molecule has 114 valence electrons. The molecule has 1 N–H and O–H groups in total. The average Bonchev–Trinajstić information content (AvgIpc) is 2.43. The van der Waals surface area contributed by atoms with E-state index in [0.29, 0.717) is 12.0 Å². The van der Waals surface area contributed by atoms with Crippen LogP contribution in [0.5, 0.6) is 0 Å². The Kier molecular flexibility index (Phi) is 8.56. The van der Waals surface area contributed by atoms with E-state index < -0.39 is 0 Å². The molecule has 20 heavy (non-hydrogen) atoms. The van der Waals surface area contributed by atoms with Gasteiger partial charge in [0.15, 0.2) is 0 Å². The number of hydrogen-bond donors (Lipinski definition) is 1. The van der Waals surface area contributed by atoms with Gasteiger partial charge in [0.05, 0.1) is 12.6 Å². The van der Waals surface area contributed by atoms with E-state index in [1.54, 1.807) is 0 Å². The second-order valence-electron chi connectivity index (χ2n) is 5.96. The molecule has 2 nitrogen and oxygen atoms in total. The molecule has 0 amide bonds. The van der Waals surface area contributed by atoms with Crippen molar-refractivity contribution in [2.24, 2.45) is 5.92 Å². The van der Waals surface area contributed by atoms with Gasteiger partial charge in [0, 0.05) is 6.61 Å². The second kappa shape index (κ2) is 9.95. The van der Waals surface area contributed by atoms with Gasteiger partial charge in [0.25, 0.3) is 0 Å². The minimum Gasteiger partial charge on any atom is -0.379 e. The number of nitrogens with one attached hydrogen (secondary N) is 1. The maximum absolute atomic E-state index is 5.78. The molecule has 1 rings (SSSR count). The summed E-state index contributed by atoms with van der Waals surface area (Å²) in [6.07, 6.45) is 4.82. The van der Waals surface area contributed by atoms with Gasteiger partial charge in [0.1, 0.15) is 0 Å². The molecule has 0 heterocycles. The van der Waals surface area contributed by atoms with Crippen molar-refractivity contribution >= 4 is 0 Å². The van der Waals surface area contributed by atoms with Crippen molar-refractivity contribution in [2.75, 3.05) is 20.3 Å². The van der Waals surface area contributed by atoms with E-state index >= 15 is 0 Å². The Hall–Kier alpha value is -0.860. The Labute approximate surface area is 124 Å². The summed E-state index contributed by atoms with van der Waals surface area (Å²) in [5, 5.41) is 3.34. The third kappa shape index (κ3) is 6.53. The van der Waals surface area contributed by atoms with E-state index in [4.69, 9.17) is 4.74 Å². The molecule has 0 spiro atoms. The highest BCUT2D eigenvalue weighted by molar-refractivity contribution is 5.25. The fourth-order valence-electron chi connectivity index (χ4n) is 2.36. The lowest BCUT2D eigenvalue weighted by Gasteiger charge is -2.17. The molecule has 0 aliphatic carbocycles. The van der Waals surface area contributed by atoms with Gasteiger partial charge >= 0.3 is 0 Å². The molecule has 1 unspecified atom stereocenters. The largest absolute Gasteiger partial charge is 0.379 e. The fourth-order valence-corrected chi connectivity index (χ4v) is 2.36. The summed E-state index contributed by atoms with van der Waals surface area (Å²) in [6.45, 7) is 8.36. The zero-order chi connectivity index (χ0) is 14.8. The lowest BCUT2D eigenvalue weighted by molar-refractivity contribution is 0.110. The van der Waals surface area contributed by atoms with Crippen LogP contribution >= 0.6 is 0 Å². The normalized spacial score (nSPS) is 12.8. The van der Waals surface area contributed by atoms with E-state index in [0.717, 1.165) is 19.6 Å². The Morgan fingerprint density at radius 3 is 2.35 bits per heavy atom. The van der Waals surface area contributed by atoms with Gasteiger partial charge in [0.2, 0.25) is 0 Å². The van der Waals surface area contributed by atoms with Gasteiger partial charge in [-0.25, -0.2) is 0 Å². The second-order valence-corrected chi connectivity index (χ2v) is 5.96. The summed E-state index contributed by atoms with van der Waals surface area (Å²) in [4.78, 5) is 0. The van der Waals surface area contributed by atoms with Crippen molar-refractivity contribution in [3.63, 3.8) is 0 Å². The highest BCUT2D eigenvalue weighted by atomic mass is 16.5. The number of unbranched alkanes of at least 4 members (excludes halogenated alkanes) is 2. The number of ether oxygens (including phenoxy) is 1. The number of hydrogen-bond acceptors (Lipinski definition) is 2. The predicted molar refractivity (Wildman–Crippen MR) is 87.1 cm³/mol. The summed E-state index contributed by atoms with van der Waals surface area (Å²) >= 11 is 0. The maximum Gasteiger partial charge on any atom is 0.0661 e. The first-order valence-corrected chi connectivity index (χ1v) is 8.01. The number of rotatable bonds is 10. The Morgan fingerprint density at radius 1 is 1.10 bits per heavy atom. The van der Waals surface area contributed by atoms with Crippen molar-refractivity contribution in [1.29, 1.82) is 0 Å². The molecular formula is C18H31NO. The summed E-state index contributed by atoms with van der Waals surface area (Å²) in [7, 11) is 2.00. The summed E-state index contributed by atoms with van der Waals surface area (Å²) in [6, 6.07) is 9.25. The van der Waals surface area contributed by atoms with Gasteiger partial charge in [-0.05, 0) is 36.9 Å². The quantitative estimate of drug-likeness (QED) is 0.642. The van der Waals surface area contributed by atoms with Crippen LogP contribution in [0.25, 0.3) is 0 Å². The van der Waals surface area contributed by atoms with Crippen LogP contribution in [0.4, 0.5) is 0 Å². The maximum atomic E-state index is 5.78. The van der Waals surface area contributed by atoms with Crippen molar-refractivity contribution in [1.82, 2.24) is 5.32 Å². The lowest BCUT2D eigenvalue weighted by Crippen LogP contribution is -2.22. The first kappa shape index (κ1) is 17.2. The van der Waals surface area contributed by atoms with E-state index in [-0.39, 0.29) is 0 Å². The third-order valence-corrected chi connectivity index (χ3v) is 3.55. The minimum absolute atomic E-state index is 0.296. The Bertz CT molecular complexity index is 345. The summed E-state index contributed by atoms with van der Waals surface area (Å²) in [5.74, 6) is 0.711. The summed E-state index contributed by atoms with van der Waals surface area (Å²) < 4.78 is 5.78. The van der Waals surface area contributed by atoms with Crippen LogP contribution in [0.1, 0.15) is 57.2 Å². The number of benzene rings is 1. The molecule has 0 saturated heterocycles. The van der Waals surface area contributed by atoms with Crippen LogP contribution in [0.15, 0.2) is 24.3 Å². The van der Waals surface area contributed by atoms with Gasteiger partial charge in [-0.1, -0.05) is 57.9 Å². The smallest absolute Gasteiger partial charge is 0.0661 e. The molecule has 0 saturated carbocycles. The Balaban J connectivity index is 2.44. The molecule has 0 radical (unpaired) electrons. The third-order valence-electron chi connectivity index (χ3n) is 3.55. The fraction of sp³-hybridized carbons (Fsp3) is 0.667. The van der Waals surface area contributed by atoms with Crippen molar-refractivity contribution in [2.45, 2.75) is 52.5 Å². The van der Waals surface area contributed by atoms with Crippen LogP contribution in [-0.2, 0) is 11.2 Å². The number of likely N-dealkylation sites (N-methyl/N-ethyl adjacent to an activating group) is 1. The van der Waals surface area contributed by atoms with Crippen LogP contribution < -0.4 is 5.32 Å². The van der Waals surface area contributed by atoms with Gasteiger partial charge in [-0.3, -0.25) is 0 Å². The minimum atomic E-state index is 0.296. The van der Waals surface area contributed by atoms with Crippen LogP contribution in [-0.4, -0.2) is 20.3 Å². The van der Waals surface area contributed by atoms with Crippen molar-refractivity contribution in [3.05, 3.63) is 35.4 Å². The van der Waals surface area contributed by atoms with Gasteiger partial charge in [-0.2, -0.15) is 0 Å². The molecule has 0 aliphatic rings. The molecule has 1 aromatic carbocycles. The van der Waals surface area contributed by atoms with E-state index in [9.17, 15) is 0 Å². The SMILES string of the molecule is CCCCCOCC(NC)c1ccc(CC(C)C)cc1. The topological polar surface area (TPSA) is 21.3 Å². The molecular weight excluding hydrogens is 246 g/mol. The molecule has 0 aliphatic heterocycles. The first-order valence-electron chi connectivity index (χ1n) is 8.01. The molecule has 1 atom stereocenters. The highest BCUT2D eigenvalue weighted by Gasteiger charge is 2.09. The standard InChI is InChI=1S/C18H31NO/c1-5-6-7-12-20-14-18(19-4)17-10-8-16(9-11-17)13-15(2)3/h8-11,15,18-19H,5-7,12-14H2,1-4H3. The van der Waals surface area contributed by atoms with Crippen LogP contribution in [0.2, 0.25) is 0 Å². The van der Waals surface area contributed by atoms with E-state index in [1.165, 1.54) is 30.4 Å². The predicted octanol–water partition coefficient (Wildman–Crippen LogP) is 4.35. The average molecular weight is 277 g/mol. The molecule has 1 aromatic rings. The van der Waals surface area contributed by atoms with E-state index in [2.05, 4.69) is 50.4 Å². The molecule has 0 fully saturated rings. The van der Waals surface area contributed by atoms with Crippen LogP contribution in [0.3, 0.4) is 0 Å². The van der Waals surface area contributed by atoms with Crippen LogP contribution in [0, 0.1) is 5.92 Å². The molecule has 0 bridgehead atoms. The Morgan fingerprint density at radius 2 is 1.80 bits per heavy atom. The lowest BCUT2D eigenvalue weighted by atomic mass is 10.00. The van der Waals surface area contributed by atoms with Crippen molar-refractivity contribution in [3.8, 4) is 0 Å². The zero-order valence-corrected chi connectivity index (χ0v) is 13.6. The zero-order valence-electron chi connectivity index (χ0n) is 13.6. The van der Waals surface area contributed by atoms with Gasteiger partial charge < -0.3 is 10.1 Å². The summed E-state index contributed by atoms with van der Waals surface area (Å²) in [5.41, 5.74) is 2.73. The van der Waals surface area contributed by atoms with Gasteiger partial charge in [-0.15, -0.1) is 0 Å². The molecule has 0 aromatic heterocycles. The van der Waals surface area contributed by atoms with E-state index in [1.807, 2.05) is 7.05 Å². The van der Waals surface area contributed by atoms with Crippen molar-refractivity contribution < 1.29 is 4.74 Å².